The summed E-state index contributed by atoms with van der Waals surface area (Å²) in [6.07, 6.45) is -0.766. The Balaban J connectivity index is 1.75. The Morgan fingerprint density at radius 2 is 2.12 bits per heavy atom. The number of aliphatic hydroxyl groups excluding tert-OH is 1. The van der Waals surface area contributed by atoms with E-state index < -0.39 is 17.7 Å². The molecule has 136 valence electrons. The van der Waals surface area contributed by atoms with Crippen molar-refractivity contribution in [1.29, 1.82) is 0 Å². The first kappa shape index (κ1) is 18.0. The first-order valence-corrected chi connectivity index (χ1v) is 8.31. The van der Waals surface area contributed by atoms with Crippen LogP contribution in [0.15, 0.2) is 22.6 Å². The van der Waals surface area contributed by atoms with Crippen molar-refractivity contribution in [1.82, 2.24) is 9.88 Å². The topological polar surface area (TPSA) is 58.7 Å². The summed E-state index contributed by atoms with van der Waals surface area (Å²) in [5, 5.41) is 10.1. The highest BCUT2D eigenvalue weighted by molar-refractivity contribution is 5.54. The van der Waals surface area contributed by atoms with Crippen molar-refractivity contribution in [2.75, 3.05) is 13.1 Å². The molecule has 0 saturated carbocycles. The predicted molar refractivity (Wildman–Crippen MR) is 87.9 cm³/mol. The molecule has 1 N–H and O–H groups in total. The maximum Gasteiger partial charge on any atom is 0.229 e. The number of likely N-dealkylation sites (tertiary alicyclic amines) is 1. The van der Waals surface area contributed by atoms with Gasteiger partial charge in [0.25, 0.3) is 0 Å². The number of benzene rings is 1. The molecule has 25 heavy (non-hydrogen) atoms. The Bertz CT molecular complexity index is 748. The molecule has 7 heteroatoms. The number of hydrogen-bond acceptors (Lipinski definition) is 5. The second kappa shape index (κ2) is 7.19. The first-order chi connectivity index (χ1) is 11.8. The molecule has 5 nitrogen and oxygen atoms in total. The summed E-state index contributed by atoms with van der Waals surface area (Å²) >= 11 is 0. The second-order valence-corrected chi connectivity index (χ2v) is 6.61. The molecule has 1 aliphatic rings. The lowest BCUT2D eigenvalue weighted by Gasteiger charge is -2.17. The van der Waals surface area contributed by atoms with Crippen LogP contribution in [0.4, 0.5) is 8.78 Å². The zero-order chi connectivity index (χ0) is 18.1. The van der Waals surface area contributed by atoms with Crippen LogP contribution in [-0.4, -0.2) is 46.4 Å². The van der Waals surface area contributed by atoms with Gasteiger partial charge in [-0.25, -0.2) is 13.8 Å². The number of rotatable bonds is 5. The van der Waals surface area contributed by atoms with Gasteiger partial charge < -0.3 is 14.3 Å². The van der Waals surface area contributed by atoms with Crippen molar-refractivity contribution in [2.45, 2.75) is 45.6 Å². The molecule has 1 aromatic heterocycles. The molecule has 3 rings (SSSR count). The molecule has 0 bridgehead atoms. The Morgan fingerprint density at radius 1 is 1.36 bits per heavy atom. The van der Waals surface area contributed by atoms with Crippen molar-refractivity contribution in [3.8, 4) is 11.5 Å². The molecule has 2 atom stereocenters. The number of halogens is 2. The van der Waals surface area contributed by atoms with Crippen LogP contribution in [0.2, 0.25) is 0 Å². The number of nitrogens with zero attached hydrogens (tertiary/aromatic N) is 2. The van der Waals surface area contributed by atoms with Crippen LogP contribution in [0, 0.1) is 18.6 Å². The van der Waals surface area contributed by atoms with Gasteiger partial charge >= 0.3 is 0 Å². The summed E-state index contributed by atoms with van der Waals surface area (Å²) in [5.74, 6) is -1.32. The van der Waals surface area contributed by atoms with Crippen LogP contribution in [0.3, 0.4) is 0 Å². The molecule has 0 unspecified atom stereocenters. The third-order valence-electron chi connectivity index (χ3n) is 4.21. The van der Waals surface area contributed by atoms with E-state index >= 15 is 0 Å². The Hall–Kier alpha value is -1.83. The number of β-amino-alcohol motifs (C(OH)–C–C–N with tert-alkyl or cyclic N) is 1. The van der Waals surface area contributed by atoms with E-state index in [0.717, 1.165) is 6.07 Å². The van der Waals surface area contributed by atoms with E-state index in [2.05, 4.69) is 4.98 Å². The Labute approximate surface area is 145 Å². The minimum atomic E-state index is -0.975. The Morgan fingerprint density at radius 3 is 2.84 bits per heavy atom. The lowest BCUT2D eigenvalue weighted by atomic mass is 10.2. The van der Waals surface area contributed by atoms with Gasteiger partial charge in [0.15, 0.2) is 11.6 Å². The summed E-state index contributed by atoms with van der Waals surface area (Å²) in [5.41, 5.74) is 0.632. The summed E-state index contributed by atoms with van der Waals surface area (Å²) in [6.45, 7) is 7.08. The lowest BCUT2D eigenvalue weighted by Crippen LogP contribution is -2.29. The molecule has 0 radical (unpaired) electrons. The first-order valence-electron chi connectivity index (χ1n) is 8.31. The summed E-state index contributed by atoms with van der Waals surface area (Å²) in [7, 11) is 0. The fraction of sp³-hybridized carbons (Fsp3) is 0.500. The van der Waals surface area contributed by atoms with Gasteiger partial charge in [-0.1, -0.05) is 6.07 Å². The monoisotopic (exact) mass is 352 g/mol. The number of oxazole rings is 1. The summed E-state index contributed by atoms with van der Waals surface area (Å²) in [6, 6.07) is 3.90. The van der Waals surface area contributed by atoms with E-state index in [1.807, 2.05) is 18.7 Å². The number of hydrogen-bond donors (Lipinski definition) is 1. The van der Waals surface area contributed by atoms with Crippen molar-refractivity contribution in [2.24, 2.45) is 0 Å². The van der Waals surface area contributed by atoms with Crippen LogP contribution >= 0.6 is 0 Å². The van der Waals surface area contributed by atoms with Gasteiger partial charge in [-0.3, -0.25) is 4.90 Å². The molecule has 1 aromatic carbocycles. The van der Waals surface area contributed by atoms with Crippen LogP contribution in [-0.2, 0) is 11.3 Å². The molecule has 0 amide bonds. The fourth-order valence-electron chi connectivity index (χ4n) is 3.02. The minimum absolute atomic E-state index is 0.00294. The minimum Gasteiger partial charge on any atom is -0.441 e. The zero-order valence-electron chi connectivity index (χ0n) is 14.5. The lowest BCUT2D eigenvalue weighted by molar-refractivity contribution is -0.0396. The standard InChI is InChI=1S/C18H22F2N2O3/c1-10(2)24-16-9-22(8-15(16)23)7-14-11(3)25-18(21-14)12-5-4-6-13(19)17(12)20/h4-6,10,15-16,23H,7-9H2,1-3H3/t15-,16-/m0/s1. The molecule has 2 aromatic rings. The molecular formula is C18H22F2N2O3. The van der Waals surface area contributed by atoms with Crippen molar-refractivity contribution in [3.05, 3.63) is 41.3 Å². The van der Waals surface area contributed by atoms with E-state index in [1.54, 1.807) is 6.92 Å². The average molecular weight is 352 g/mol. The van der Waals surface area contributed by atoms with E-state index in [1.165, 1.54) is 12.1 Å². The van der Waals surface area contributed by atoms with Crippen LogP contribution in [0.25, 0.3) is 11.5 Å². The maximum absolute atomic E-state index is 13.9. The van der Waals surface area contributed by atoms with Gasteiger partial charge in [-0.05, 0) is 32.9 Å². The number of aryl methyl sites for hydroxylation is 1. The van der Waals surface area contributed by atoms with E-state index in [4.69, 9.17) is 9.15 Å². The highest BCUT2D eigenvalue weighted by atomic mass is 19.2. The number of ether oxygens (including phenoxy) is 1. The fourth-order valence-corrected chi connectivity index (χ4v) is 3.02. The van der Waals surface area contributed by atoms with Crippen LogP contribution in [0.1, 0.15) is 25.3 Å². The third kappa shape index (κ3) is 3.89. The van der Waals surface area contributed by atoms with Crippen molar-refractivity contribution in [3.63, 3.8) is 0 Å². The van der Waals surface area contributed by atoms with Crippen LogP contribution < -0.4 is 0 Å². The van der Waals surface area contributed by atoms with Gasteiger partial charge in [0.1, 0.15) is 5.76 Å². The highest BCUT2D eigenvalue weighted by Crippen LogP contribution is 2.27. The summed E-state index contributed by atoms with van der Waals surface area (Å²) in [4.78, 5) is 6.33. The van der Waals surface area contributed by atoms with Crippen molar-refractivity contribution < 1.29 is 23.0 Å². The third-order valence-corrected chi connectivity index (χ3v) is 4.21. The molecule has 2 heterocycles. The largest absolute Gasteiger partial charge is 0.441 e. The normalized spacial score (nSPS) is 21.4. The molecular weight excluding hydrogens is 330 g/mol. The smallest absolute Gasteiger partial charge is 0.229 e. The quantitative estimate of drug-likeness (QED) is 0.897. The maximum atomic E-state index is 13.9. The van der Waals surface area contributed by atoms with Gasteiger partial charge in [-0.2, -0.15) is 0 Å². The number of aliphatic hydroxyl groups is 1. The molecule has 0 aliphatic carbocycles. The van der Waals surface area contributed by atoms with Crippen molar-refractivity contribution >= 4 is 0 Å². The second-order valence-electron chi connectivity index (χ2n) is 6.61. The SMILES string of the molecule is Cc1oc(-c2cccc(F)c2F)nc1CN1C[C@H](OC(C)C)[C@@H](O)C1. The number of aromatic nitrogens is 1. The highest BCUT2D eigenvalue weighted by Gasteiger charge is 2.33. The van der Waals surface area contributed by atoms with Gasteiger partial charge in [0, 0.05) is 19.6 Å². The zero-order valence-corrected chi connectivity index (χ0v) is 14.5. The van der Waals surface area contributed by atoms with E-state index in [9.17, 15) is 13.9 Å². The average Bonchev–Trinajstić information content (AvgIpc) is 3.05. The Kier molecular flexibility index (Phi) is 5.17. The molecule has 0 spiro atoms. The van der Waals surface area contributed by atoms with Gasteiger partial charge in [0.05, 0.1) is 29.6 Å². The van der Waals surface area contributed by atoms with Crippen LogP contribution in [0.5, 0.6) is 0 Å². The molecule has 1 saturated heterocycles. The van der Waals surface area contributed by atoms with E-state index in [0.29, 0.717) is 31.1 Å². The van der Waals surface area contributed by atoms with Gasteiger partial charge in [0.2, 0.25) is 5.89 Å². The molecule has 1 aliphatic heterocycles. The summed E-state index contributed by atoms with van der Waals surface area (Å²) < 4.78 is 38.5. The molecule has 1 fully saturated rings. The van der Waals surface area contributed by atoms with Gasteiger partial charge in [-0.15, -0.1) is 0 Å². The van der Waals surface area contributed by atoms with E-state index in [-0.39, 0.29) is 23.7 Å². The predicted octanol–water partition coefficient (Wildman–Crippen LogP) is 2.90.